The van der Waals surface area contributed by atoms with Crippen LogP contribution in [0.15, 0.2) is 36.5 Å². The number of pyridine rings is 1. The fraction of sp³-hybridized carbons (Fsp3) is 0.333. The minimum absolute atomic E-state index is 0. The van der Waals surface area contributed by atoms with E-state index in [9.17, 15) is 4.79 Å². The predicted molar refractivity (Wildman–Crippen MR) is 111 cm³/mol. The van der Waals surface area contributed by atoms with E-state index < -0.39 is 0 Å². The van der Waals surface area contributed by atoms with Crippen LogP contribution in [-0.4, -0.2) is 45.0 Å². The average Bonchev–Trinajstić information content (AvgIpc) is 3.01. The predicted octanol–water partition coefficient (Wildman–Crippen LogP) is 2.70. The van der Waals surface area contributed by atoms with E-state index in [0.29, 0.717) is 17.9 Å². The van der Waals surface area contributed by atoms with Crippen molar-refractivity contribution < 1.29 is 4.79 Å². The molecule has 0 saturated heterocycles. The maximum atomic E-state index is 12.4. The lowest BCUT2D eigenvalue weighted by Crippen LogP contribution is -2.39. The summed E-state index contributed by atoms with van der Waals surface area (Å²) in [5, 5.41) is 15.4. The summed E-state index contributed by atoms with van der Waals surface area (Å²) in [5.41, 5.74) is 2.77. The molecular formula is C18H24Cl2N6O. The van der Waals surface area contributed by atoms with Gasteiger partial charge in [-0.15, -0.1) is 29.9 Å². The Morgan fingerprint density at radius 2 is 2.00 bits per heavy atom. The quantitative estimate of drug-likeness (QED) is 0.652. The van der Waals surface area contributed by atoms with Gasteiger partial charge in [-0.25, -0.2) is 4.68 Å². The number of amides is 1. The van der Waals surface area contributed by atoms with Gasteiger partial charge in [0, 0.05) is 24.2 Å². The molecule has 0 spiro atoms. The maximum absolute atomic E-state index is 12.4. The average molecular weight is 411 g/mol. The summed E-state index contributed by atoms with van der Waals surface area (Å²) < 4.78 is 1.69. The molecule has 0 aliphatic carbocycles. The molecule has 146 valence electrons. The van der Waals surface area contributed by atoms with Gasteiger partial charge in [-0.3, -0.25) is 9.78 Å². The molecular weight excluding hydrogens is 387 g/mol. The van der Waals surface area contributed by atoms with E-state index in [1.807, 2.05) is 51.1 Å². The number of carbonyl (C=O) groups is 1. The number of aromatic nitrogens is 4. The summed E-state index contributed by atoms with van der Waals surface area (Å²) in [6, 6.07) is 9.88. The molecule has 0 aliphatic heterocycles. The molecule has 0 unspecified atom stereocenters. The Morgan fingerprint density at radius 1 is 1.22 bits per heavy atom. The standard InChI is InChI=1S/C18H22N6O.2ClH/c1-4-19-12(2)11-21-18(25)17-13(3)24(23-22-17)16-9-5-8-15-14(16)7-6-10-20-15;;/h5-10,12,19H,4,11H2,1-3H3,(H,21,25);2*1H/t12-;;/m1../s1. The normalized spacial score (nSPS) is 11.4. The molecule has 0 saturated carbocycles. The summed E-state index contributed by atoms with van der Waals surface area (Å²) in [5.74, 6) is -0.216. The van der Waals surface area contributed by atoms with Gasteiger partial charge in [0.1, 0.15) is 0 Å². The number of fused-ring (bicyclic) bond motifs is 1. The van der Waals surface area contributed by atoms with Crippen LogP contribution in [0.25, 0.3) is 16.6 Å². The van der Waals surface area contributed by atoms with Crippen molar-refractivity contribution in [3.63, 3.8) is 0 Å². The van der Waals surface area contributed by atoms with E-state index >= 15 is 0 Å². The number of hydrogen-bond donors (Lipinski definition) is 2. The number of carbonyl (C=O) groups excluding carboxylic acids is 1. The minimum atomic E-state index is -0.216. The van der Waals surface area contributed by atoms with Gasteiger partial charge in [0.2, 0.25) is 0 Å². The molecule has 3 rings (SSSR count). The van der Waals surface area contributed by atoms with E-state index in [1.54, 1.807) is 10.9 Å². The van der Waals surface area contributed by atoms with E-state index in [4.69, 9.17) is 0 Å². The molecule has 0 radical (unpaired) electrons. The Balaban J connectivity index is 0.00000182. The maximum Gasteiger partial charge on any atom is 0.273 e. The van der Waals surface area contributed by atoms with Crippen molar-refractivity contribution >= 4 is 41.6 Å². The molecule has 7 nitrogen and oxygen atoms in total. The number of rotatable bonds is 6. The van der Waals surface area contributed by atoms with Crippen LogP contribution >= 0.6 is 24.8 Å². The Hall–Kier alpha value is -2.22. The number of hydrogen-bond acceptors (Lipinski definition) is 5. The highest BCUT2D eigenvalue weighted by Gasteiger charge is 2.18. The molecule has 1 amide bonds. The number of likely N-dealkylation sites (N-methyl/N-ethyl adjacent to an activating group) is 1. The van der Waals surface area contributed by atoms with Crippen molar-refractivity contribution in [2.75, 3.05) is 13.1 Å². The van der Waals surface area contributed by atoms with Crippen molar-refractivity contribution in [1.82, 2.24) is 30.6 Å². The molecule has 2 heterocycles. The van der Waals surface area contributed by atoms with Gasteiger partial charge < -0.3 is 10.6 Å². The zero-order valence-electron chi connectivity index (χ0n) is 15.5. The lowest BCUT2D eigenvalue weighted by molar-refractivity contribution is 0.0944. The number of benzene rings is 1. The van der Waals surface area contributed by atoms with Crippen LogP contribution in [0.3, 0.4) is 0 Å². The molecule has 0 bridgehead atoms. The van der Waals surface area contributed by atoms with E-state index in [1.165, 1.54) is 0 Å². The fourth-order valence-electron chi connectivity index (χ4n) is 2.79. The summed E-state index contributed by atoms with van der Waals surface area (Å²) in [4.78, 5) is 16.8. The molecule has 9 heteroatoms. The molecule has 0 fully saturated rings. The first-order chi connectivity index (χ1) is 12.1. The van der Waals surface area contributed by atoms with Crippen LogP contribution < -0.4 is 10.6 Å². The van der Waals surface area contributed by atoms with Gasteiger partial charge >= 0.3 is 0 Å². The van der Waals surface area contributed by atoms with Crippen molar-refractivity contribution in [1.29, 1.82) is 0 Å². The monoisotopic (exact) mass is 410 g/mol. The van der Waals surface area contributed by atoms with Crippen molar-refractivity contribution in [3.05, 3.63) is 47.9 Å². The van der Waals surface area contributed by atoms with Gasteiger partial charge in [-0.05, 0) is 44.7 Å². The second-order valence-electron chi connectivity index (χ2n) is 5.95. The number of nitrogens with zero attached hydrogens (tertiary/aromatic N) is 4. The van der Waals surface area contributed by atoms with Gasteiger partial charge in [-0.1, -0.05) is 18.2 Å². The molecule has 1 atom stereocenters. The van der Waals surface area contributed by atoms with Crippen LogP contribution in [0.1, 0.15) is 30.0 Å². The first-order valence-corrected chi connectivity index (χ1v) is 8.39. The van der Waals surface area contributed by atoms with Crippen molar-refractivity contribution in [3.8, 4) is 5.69 Å². The third-order valence-electron chi connectivity index (χ3n) is 4.08. The highest BCUT2D eigenvalue weighted by Crippen LogP contribution is 2.21. The zero-order valence-corrected chi connectivity index (χ0v) is 17.1. The van der Waals surface area contributed by atoms with Gasteiger partial charge in [0.15, 0.2) is 5.69 Å². The first kappa shape index (κ1) is 22.8. The van der Waals surface area contributed by atoms with Gasteiger partial charge in [-0.2, -0.15) is 0 Å². The van der Waals surface area contributed by atoms with Crippen LogP contribution in [0, 0.1) is 6.92 Å². The van der Waals surface area contributed by atoms with Crippen molar-refractivity contribution in [2.45, 2.75) is 26.8 Å². The van der Waals surface area contributed by atoms with Crippen molar-refractivity contribution in [2.24, 2.45) is 0 Å². The molecule has 0 aliphatic rings. The molecule has 27 heavy (non-hydrogen) atoms. The minimum Gasteiger partial charge on any atom is -0.349 e. The Kier molecular flexibility index (Phi) is 8.62. The Bertz CT molecular complexity index is 893. The van der Waals surface area contributed by atoms with Gasteiger partial charge in [0.05, 0.1) is 16.9 Å². The van der Waals surface area contributed by atoms with Crippen LogP contribution in [0.2, 0.25) is 0 Å². The fourth-order valence-corrected chi connectivity index (χ4v) is 2.79. The van der Waals surface area contributed by atoms with E-state index in [2.05, 4.69) is 25.9 Å². The Labute approximate surface area is 170 Å². The third kappa shape index (κ3) is 4.94. The molecule has 3 aromatic rings. The number of nitrogens with one attached hydrogen (secondary N) is 2. The summed E-state index contributed by atoms with van der Waals surface area (Å²) in [6.07, 6.45) is 1.75. The summed E-state index contributed by atoms with van der Waals surface area (Å²) in [6.45, 7) is 7.31. The lowest BCUT2D eigenvalue weighted by Gasteiger charge is -2.12. The largest absolute Gasteiger partial charge is 0.349 e. The smallest absolute Gasteiger partial charge is 0.273 e. The van der Waals surface area contributed by atoms with Crippen LogP contribution in [0.4, 0.5) is 0 Å². The molecule has 2 aromatic heterocycles. The van der Waals surface area contributed by atoms with E-state index in [0.717, 1.165) is 23.1 Å². The summed E-state index contributed by atoms with van der Waals surface area (Å²) in [7, 11) is 0. The third-order valence-corrected chi connectivity index (χ3v) is 4.08. The lowest BCUT2D eigenvalue weighted by atomic mass is 10.2. The zero-order chi connectivity index (χ0) is 17.8. The topological polar surface area (TPSA) is 84.7 Å². The van der Waals surface area contributed by atoms with Crippen LogP contribution in [0.5, 0.6) is 0 Å². The Morgan fingerprint density at radius 3 is 2.74 bits per heavy atom. The van der Waals surface area contributed by atoms with Crippen LogP contribution in [-0.2, 0) is 0 Å². The molecule has 1 aromatic carbocycles. The second-order valence-corrected chi connectivity index (χ2v) is 5.95. The van der Waals surface area contributed by atoms with Gasteiger partial charge in [0.25, 0.3) is 5.91 Å². The molecule has 2 N–H and O–H groups in total. The highest BCUT2D eigenvalue weighted by molar-refractivity contribution is 5.94. The first-order valence-electron chi connectivity index (χ1n) is 8.39. The highest BCUT2D eigenvalue weighted by atomic mass is 35.5. The number of halogens is 2. The summed E-state index contributed by atoms with van der Waals surface area (Å²) >= 11 is 0. The second kappa shape index (κ2) is 10.2. The SMILES string of the molecule is CCN[C@H](C)CNC(=O)c1nnn(-c2cccc3ncccc23)c1C.Cl.Cl. The van der Waals surface area contributed by atoms with E-state index in [-0.39, 0.29) is 36.8 Å².